The second-order valence-electron chi connectivity index (χ2n) is 1.99. The third-order valence-corrected chi connectivity index (χ3v) is 0.991. The number of aliphatic carboxylic acids is 1. The van der Waals surface area contributed by atoms with Gasteiger partial charge in [0, 0.05) is 13.0 Å². The van der Waals surface area contributed by atoms with Crippen molar-refractivity contribution in [1.82, 2.24) is 5.32 Å². The zero-order valence-electron chi connectivity index (χ0n) is 6.17. The highest BCUT2D eigenvalue weighted by Gasteiger charge is 1.98. The van der Waals surface area contributed by atoms with Crippen molar-refractivity contribution in [2.45, 2.75) is 12.8 Å². The van der Waals surface area contributed by atoms with Gasteiger partial charge in [-0.1, -0.05) is 6.08 Å². The first-order valence-electron chi connectivity index (χ1n) is 3.26. The first-order chi connectivity index (χ1) is 5.16. The Morgan fingerprint density at radius 1 is 1.55 bits per heavy atom. The van der Waals surface area contributed by atoms with E-state index in [-0.39, 0.29) is 25.3 Å². The van der Waals surface area contributed by atoms with Crippen LogP contribution in [0.2, 0.25) is 0 Å². The normalized spacial score (nSPS) is 8.73. The molecule has 4 nitrogen and oxygen atoms in total. The van der Waals surface area contributed by atoms with Crippen molar-refractivity contribution in [3.8, 4) is 0 Å². The van der Waals surface area contributed by atoms with E-state index in [4.69, 9.17) is 5.11 Å². The average molecular weight is 157 g/mol. The van der Waals surface area contributed by atoms with Crippen LogP contribution in [0.25, 0.3) is 0 Å². The summed E-state index contributed by atoms with van der Waals surface area (Å²) in [6.07, 6.45) is 1.67. The minimum absolute atomic E-state index is 0.0388. The van der Waals surface area contributed by atoms with Crippen molar-refractivity contribution in [2.24, 2.45) is 0 Å². The van der Waals surface area contributed by atoms with E-state index in [1.807, 2.05) is 0 Å². The molecule has 11 heavy (non-hydrogen) atoms. The van der Waals surface area contributed by atoms with Crippen molar-refractivity contribution in [1.29, 1.82) is 0 Å². The lowest BCUT2D eigenvalue weighted by molar-refractivity contribution is -0.136. The van der Waals surface area contributed by atoms with Crippen LogP contribution in [0.3, 0.4) is 0 Å². The minimum Gasteiger partial charge on any atom is -0.481 e. The number of carbonyl (C=O) groups excluding carboxylic acids is 1. The van der Waals surface area contributed by atoms with Gasteiger partial charge in [-0.05, 0) is 0 Å². The second-order valence-corrected chi connectivity index (χ2v) is 1.99. The summed E-state index contributed by atoms with van der Waals surface area (Å²) in [5.41, 5.74) is 0. The highest BCUT2D eigenvalue weighted by molar-refractivity contribution is 5.77. The van der Waals surface area contributed by atoms with E-state index in [2.05, 4.69) is 11.9 Å². The van der Waals surface area contributed by atoms with E-state index in [0.29, 0.717) is 0 Å². The molecule has 0 aromatic heterocycles. The number of rotatable bonds is 5. The van der Waals surface area contributed by atoms with Crippen molar-refractivity contribution in [3.05, 3.63) is 12.7 Å². The third-order valence-electron chi connectivity index (χ3n) is 0.991. The molecule has 0 aromatic carbocycles. The Bertz CT molecular complexity index is 165. The molecule has 0 rings (SSSR count). The minimum atomic E-state index is -0.913. The predicted molar refractivity (Wildman–Crippen MR) is 40.1 cm³/mol. The molecule has 0 aromatic rings. The predicted octanol–water partition coefficient (Wildman–Crippen LogP) is 0.153. The van der Waals surface area contributed by atoms with Crippen LogP contribution in [0, 0.1) is 0 Å². The van der Waals surface area contributed by atoms with E-state index in [0.717, 1.165) is 0 Å². The fourth-order valence-electron chi connectivity index (χ4n) is 0.512. The summed E-state index contributed by atoms with van der Waals surface area (Å²) in [6, 6.07) is 0. The quantitative estimate of drug-likeness (QED) is 0.558. The molecule has 0 heterocycles. The fraction of sp³-hybridized carbons (Fsp3) is 0.429. The molecule has 0 unspecified atom stereocenters. The molecule has 0 aliphatic rings. The maximum atomic E-state index is 10.6. The summed E-state index contributed by atoms with van der Waals surface area (Å²) in [5, 5.41) is 10.6. The Kier molecular flexibility index (Phi) is 4.81. The van der Waals surface area contributed by atoms with E-state index in [1.165, 1.54) is 6.08 Å². The fourth-order valence-corrected chi connectivity index (χ4v) is 0.512. The molecule has 0 saturated carbocycles. The van der Waals surface area contributed by atoms with Crippen molar-refractivity contribution in [2.75, 3.05) is 6.54 Å². The zero-order valence-corrected chi connectivity index (χ0v) is 6.17. The maximum Gasteiger partial charge on any atom is 0.305 e. The van der Waals surface area contributed by atoms with Gasteiger partial charge < -0.3 is 10.4 Å². The highest BCUT2D eigenvalue weighted by Crippen LogP contribution is 1.80. The number of hydrogen-bond acceptors (Lipinski definition) is 2. The number of nitrogens with one attached hydrogen (secondary N) is 1. The molecule has 4 heteroatoms. The SMILES string of the molecule is C=CCC(=O)NCCC(=O)O. The Balaban J connectivity index is 3.31. The van der Waals surface area contributed by atoms with Gasteiger partial charge in [-0.3, -0.25) is 9.59 Å². The lowest BCUT2D eigenvalue weighted by Gasteiger charge is -1.98. The third kappa shape index (κ3) is 6.57. The Labute approximate surface area is 64.9 Å². The van der Waals surface area contributed by atoms with Crippen LogP contribution in [-0.4, -0.2) is 23.5 Å². The molecule has 0 saturated heterocycles. The van der Waals surface area contributed by atoms with E-state index < -0.39 is 5.97 Å². The second kappa shape index (κ2) is 5.46. The molecule has 0 aliphatic carbocycles. The Hall–Kier alpha value is -1.32. The Morgan fingerprint density at radius 3 is 2.64 bits per heavy atom. The van der Waals surface area contributed by atoms with Crippen LogP contribution in [0.4, 0.5) is 0 Å². The summed E-state index contributed by atoms with van der Waals surface area (Å²) in [5.74, 6) is -1.11. The van der Waals surface area contributed by atoms with E-state index >= 15 is 0 Å². The van der Waals surface area contributed by atoms with E-state index in [1.54, 1.807) is 0 Å². The van der Waals surface area contributed by atoms with Crippen LogP contribution in [0.15, 0.2) is 12.7 Å². The van der Waals surface area contributed by atoms with Gasteiger partial charge in [0.1, 0.15) is 0 Å². The molecule has 0 bridgehead atoms. The molecule has 0 radical (unpaired) electrons. The van der Waals surface area contributed by atoms with Gasteiger partial charge in [0.15, 0.2) is 0 Å². The number of carboxylic acid groups (broad SMARTS) is 1. The van der Waals surface area contributed by atoms with Crippen LogP contribution < -0.4 is 5.32 Å². The number of hydrogen-bond donors (Lipinski definition) is 2. The van der Waals surface area contributed by atoms with Gasteiger partial charge in [-0.25, -0.2) is 0 Å². The topological polar surface area (TPSA) is 66.4 Å². The number of carbonyl (C=O) groups is 2. The Morgan fingerprint density at radius 2 is 2.18 bits per heavy atom. The molecular formula is C7H11NO3. The lowest BCUT2D eigenvalue weighted by Crippen LogP contribution is -2.25. The van der Waals surface area contributed by atoms with Gasteiger partial charge in [0.2, 0.25) is 5.91 Å². The van der Waals surface area contributed by atoms with Crippen LogP contribution >= 0.6 is 0 Å². The first kappa shape index (κ1) is 9.68. The van der Waals surface area contributed by atoms with Crippen molar-refractivity contribution < 1.29 is 14.7 Å². The van der Waals surface area contributed by atoms with Crippen LogP contribution in [-0.2, 0) is 9.59 Å². The standard InChI is InChI=1S/C7H11NO3/c1-2-3-6(9)8-5-4-7(10)11/h2H,1,3-5H2,(H,8,9)(H,10,11). The zero-order chi connectivity index (χ0) is 8.69. The van der Waals surface area contributed by atoms with Crippen LogP contribution in [0.1, 0.15) is 12.8 Å². The molecule has 0 fully saturated rings. The average Bonchev–Trinajstić information content (AvgIpc) is 1.87. The smallest absolute Gasteiger partial charge is 0.305 e. The summed E-state index contributed by atoms with van der Waals surface area (Å²) in [4.78, 5) is 20.6. The molecule has 62 valence electrons. The van der Waals surface area contributed by atoms with Crippen molar-refractivity contribution in [3.63, 3.8) is 0 Å². The lowest BCUT2D eigenvalue weighted by atomic mass is 10.3. The summed E-state index contributed by atoms with van der Waals surface area (Å²) >= 11 is 0. The molecule has 0 atom stereocenters. The van der Waals surface area contributed by atoms with Gasteiger partial charge in [0.05, 0.1) is 6.42 Å². The van der Waals surface area contributed by atoms with E-state index in [9.17, 15) is 9.59 Å². The number of carboxylic acids is 1. The molecule has 2 N–H and O–H groups in total. The maximum absolute atomic E-state index is 10.6. The van der Waals surface area contributed by atoms with Gasteiger partial charge in [-0.2, -0.15) is 0 Å². The molecular weight excluding hydrogens is 146 g/mol. The summed E-state index contributed by atoms with van der Waals surface area (Å²) in [6.45, 7) is 3.55. The van der Waals surface area contributed by atoms with Gasteiger partial charge >= 0.3 is 5.97 Å². The first-order valence-corrected chi connectivity index (χ1v) is 3.26. The highest BCUT2D eigenvalue weighted by atomic mass is 16.4. The monoisotopic (exact) mass is 157 g/mol. The van der Waals surface area contributed by atoms with Crippen molar-refractivity contribution >= 4 is 11.9 Å². The molecule has 1 amide bonds. The van der Waals surface area contributed by atoms with Gasteiger partial charge in [-0.15, -0.1) is 6.58 Å². The molecule has 0 aliphatic heterocycles. The largest absolute Gasteiger partial charge is 0.481 e. The molecule has 0 spiro atoms. The van der Waals surface area contributed by atoms with Gasteiger partial charge in [0.25, 0.3) is 0 Å². The van der Waals surface area contributed by atoms with Crippen LogP contribution in [0.5, 0.6) is 0 Å². The summed E-state index contributed by atoms with van der Waals surface area (Å²) < 4.78 is 0. The number of amides is 1. The summed E-state index contributed by atoms with van der Waals surface area (Å²) in [7, 11) is 0.